The molecule has 0 saturated heterocycles. The molecule has 0 aliphatic carbocycles. The Hall–Kier alpha value is -2.21. The Bertz CT molecular complexity index is 399. The maximum absolute atomic E-state index is 10.7. The molecular formula is C12H10O3. The zero-order valence-corrected chi connectivity index (χ0v) is 8.01. The number of aliphatic carboxylic acids is 1. The molecule has 3 nitrogen and oxygen atoms in total. The highest BCUT2D eigenvalue weighted by atomic mass is 16.5. The van der Waals surface area contributed by atoms with E-state index >= 15 is 0 Å². The molecular weight excluding hydrogens is 192 g/mol. The Morgan fingerprint density at radius 2 is 2.13 bits per heavy atom. The van der Waals surface area contributed by atoms with Gasteiger partial charge in [-0.25, -0.2) is 4.79 Å². The van der Waals surface area contributed by atoms with Crippen LogP contribution in [0, 0.1) is 12.3 Å². The summed E-state index contributed by atoms with van der Waals surface area (Å²) in [5.74, 6) is 0.928. The zero-order valence-electron chi connectivity index (χ0n) is 8.01. The van der Waals surface area contributed by atoms with Crippen molar-refractivity contribution in [1.82, 2.24) is 0 Å². The van der Waals surface area contributed by atoms with E-state index in [2.05, 4.69) is 5.92 Å². The molecule has 0 radical (unpaired) electrons. The van der Waals surface area contributed by atoms with E-state index in [1.165, 1.54) is 6.08 Å². The number of carboxylic acids is 1. The van der Waals surface area contributed by atoms with Gasteiger partial charge in [0, 0.05) is 0 Å². The van der Waals surface area contributed by atoms with Crippen LogP contribution in [0.2, 0.25) is 0 Å². The molecule has 76 valence electrons. The molecule has 0 unspecified atom stereocenters. The molecule has 0 bridgehead atoms. The van der Waals surface area contributed by atoms with Crippen LogP contribution in [-0.4, -0.2) is 17.7 Å². The van der Waals surface area contributed by atoms with Gasteiger partial charge in [-0.2, -0.15) is 0 Å². The highest BCUT2D eigenvalue weighted by Crippen LogP contribution is 2.07. The lowest BCUT2D eigenvalue weighted by atomic mass is 10.2. The maximum atomic E-state index is 10.7. The van der Waals surface area contributed by atoms with Crippen LogP contribution >= 0.6 is 0 Å². The van der Waals surface area contributed by atoms with Gasteiger partial charge in [0.15, 0.2) is 0 Å². The van der Waals surface area contributed by atoms with Crippen LogP contribution in [0.15, 0.2) is 36.1 Å². The maximum Gasteiger partial charge on any atom is 0.371 e. The first-order valence-electron chi connectivity index (χ1n) is 4.30. The molecule has 1 aromatic carbocycles. The second-order valence-corrected chi connectivity index (χ2v) is 2.72. The van der Waals surface area contributed by atoms with Crippen molar-refractivity contribution in [1.29, 1.82) is 0 Å². The summed E-state index contributed by atoms with van der Waals surface area (Å²) in [6.45, 7) is -0.0506. The molecule has 1 aromatic rings. The molecule has 0 aliphatic heterocycles. The molecule has 0 spiro atoms. The molecule has 0 fully saturated rings. The fraction of sp³-hybridized carbons (Fsp3) is 0.0833. The summed E-state index contributed by atoms with van der Waals surface area (Å²) in [4.78, 5) is 10.7. The van der Waals surface area contributed by atoms with Crippen LogP contribution in [0.25, 0.3) is 6.08 Å². The lowest BCUT2D eigenvalue weighted by Crippen LogP contribution is -2.05. The average molecular weight is 202 g/mol. The Morgan fingerprint density at radius 3 is 2.67 bits per heavy atom. The van der Waals surface area contributed by atoms with E-state index in [1.54, 1.807) is 12.1 Å². The fourth-order valence-corrected chi connectivity index (χ4v) is 0.985. The fourth-order valence-electron chi connectivity index (χ4n) is 0.985. The molecule has 0 aromatic heterocycles. The predicted octanol–water partition coefficient (Wildman–Crippen LogP) is 1.76. The van der Waals surface area contributed by atoms with Gasteiger partial charge in [0.1, 0.15) is 6.61 Å². The van der Waals surface area contributed by atoms with Crippen molar-refractivity contribution in [2.45, 2.75) is 0 Å². The van der Waals surface area contributed by atoms with Crippen molar-refractivity contribution in [3.63, 3.8) is 0 Å². The van der Waals surface area contributed by atoms with Crippen molar-refractivity contribution in [3.8, 4) is 12.3 Å². The van der Waals surface area contributed by atoms with Crippen LogP contribution in [-0.2, 0) is 9.53 Å². The van der Waals surface area contributed by atoms with Crippen LogP contribution in [0.4, 0.5) is 0 Å². The minimum absolute atomic E-state index is 0.0506. The van der Waals surface area contributed by atoms with Gasteiger partial charge in [-0.3, -0.25) is 0 Å². The Morgan fingerprint density at radius 1 is 1.47 bits per heavy atom. The van der Waals surface area contributed by atoms with E-state index in [1.807, 2.05) is 18.2 Å². The molecule has 0 atom stereocenters. The van der Waals surface area contributed by atoms with Gasteiger partial charge in [-0.05, 0) is 11.6 Å². The molecule has 0 saturated carbocycles. The number of ether oxygens (including phenoxy) is 1. The van der Waals surface area contributed by atoms with E-state index in [9.17, 15) is 4.79 Å². The number of carbonyl (C=O) groups is 1. The zero-order chi connectivity index (χ0) is 11.1. The first-order valence-corrected chi connectivity index (χ1v) is 4.30. The third-order valence-corrected chi connectivity index (χ3v) is 1.62. The Kier molecular flexibility index (Phi) is 3.99. The van der Waals surface area contributed by atoms with Crippen molar-refractivity contribution in [2.24, 2.45) is 0 Å². The first kappa shape index (κ1) is 10.9. The highest BCUT2D eigenvalue weighted by Gasteiger charge is 2.07. The van der Waals surface area contributed by atoms with Crippen LogP contribution in [0.5, 0.6) is 0 Å². The van der Waals surface area contributed by atoms with Gasteiger partial charge < -0.3 is 9.84 Å². The molecule has 15 heavy (non-hydrogen) atoms. The van der Waals surface area contributed by atoms with Crippen molar-refractivity contribution in [2.75, 3.05) is 6.61 Å². The van der Waals surface area contributed by atoms with E-state index in [4.69, 9.17) is 16.3 Å². The summed E-state index contributed by atoms with van der Waals surface area (Å²) in [5.41, 5.74) is 0.756. The summed E-state index contributed by atoms with van der Waals surface area (Å²) in [5, 5.41) is 8.80. The number of benzene rings is 1. The Labute approximate surface area is 88.0 Å². The van der Waals surface area contributed by atoms with Crippen molar-refractivity contribution >= 4 is 12.0 Å². The predicted molar refractivity (Wildman–Crippen MR) is 56.8 cm³/mol. The SMILES string of the molecule is C#CCOC(=Cc1ccccc1)C(=O)O. The summed E-state index contributed by atoms with van der Waals surface area (Å²) in [7, 11) is 0. The van der Waals surface area contributed by atoms with Crippen LogP contribution < -0.4 is 0 Å². The van der Waals surface area contributed by atoms with E-state index in [-0.39, 0.29) is 12.4 Å². The van der Waals surface area contributed by atoms with Gasteiger partial charge in [0.05, 0.1) is 0 Å². The van der Waals surface area contributed by atoms with Gasteiger partial charge in [-0.1, -0.05) is 36.3 Å². The quantitative estimate of drug-likeness (QED) is 0.459. The third-order valence-electron chi connectivity index (χ3n) is 1.62. The average Bonchev–Trinajstić information content (AvgIpc) is 2.25. The minimum Gasteiger partial charge on any atom is -0.475 e. The van der Waals surface area contributed by atoms with Crippen molar-refractivity contribution < 1.29 is 14.6 Å². The van der Waals surface area contributed by atoms with E-state index in [0.29, 0.717) is 0 Å². The normalized spacial score (nSPS) is 10.5. The first-order chi connectivity index (χ1) is 7.24. The topological polar surface area (TPSA) is 46.5 Å². The lowest BCUT2D eigenvalue weighted by molar-refractivity contribution is -0.136. The van der Waals surface area contributed by atoms with Gasteiger partial charge >= 0.3 is 5.97 Å². The number of hydrogen-bond donors (Lipinski definition) is 1. The molecule has 1 N–H and O–H groups in total. The summed E-state index contributed by atoms with van der Waals surface area (Å²) in [6, 6.07) is 9.03. The number of carboxylic acid groups (broad SMARTS) is 1. The summed E-state index contributed by atoms with van der Waals surface area (Å²) >= 11 is 0. The molecule has 1 rings (SSSR count). The van der Waals surface area contributed by atoms with Gasteiger partial charge in [-0.15, -0.1) is 6.42 Å². The van der Waals surface area contributed by atoms with Crippen molar-refractivity contribution in [3.05, 3.63) is 41.7 Å². The van der Waals surface area contributed by atoms with Gasteiger partial charge in [0.2, 0.25) is 5.76 Å². The monoisotopic (exact) mass is 202 g/mol. The third kappa shape index (κ3) is 3.57. The largest absolute Gasteiger partial charge is 0.475 e. The van der Waals surface area contributed by atoms with E-state index in [0.717, 1.165) is 5.56 Å². The molecule has 0 aliphatic rings. The number of terminal acetylenes is 1. The van der Waals surface area contributed by atoms with Gasteiger partial charge in [0.25, 0.3) is 0 Å². The van der Waals surface area contributed by atoms with Crippen LogP contribution in [0.1, 0.15) is 5.56 Å². The smallest absolute Gasteiger partial charge is 0.371 e. The molecule has 0 heterocycles. The standard InChI is InChI=1S/C12H10O3/c1-2-8-15-11(12(13)14)9-10-6-4-3-5-7-10/h1,3-7,9H,8H2,(H,13,14). The lowest BCUT2D eigenvalue weighted by Gasteiger charge is -2.02. The second-order valence-electron chi connectivity index (χ2n) is 2.72. The van der Waals surface area contributed by atoms with Crippen LogP contribution in [0.3, 0.4) is 0 Å². The summed E-state index contributed by atoms with van der Waals surface area (Å²) in [6.07, 6.45) is 6.41. The Balaban J connectivity index is 2.85. The minimum atomic E-state index is -1.13. The highest BCUT2D eigenvalue weighted by molar-refractivity contribution is 5.89. The summed E-state index contributed by atoms with van der Waals surface area (Å²) < 4.78 is 4.88. The second kappa shape index (κ2) is 5.51. The molecule has 0 amide bonds. The molecule has 3 heteroatoms. The van der Waals surface area contributed by atoms with E-state index < -0.39 is 5.97 Å². The number of rotatable bonds is 4. The number of hydrogen-bond acceptors (Lipinski definition) is 2.